The van der Waals surface area contributed by atoms with Crippen LogP contribution >= 0.6 is 22.6 Å². The zero-order valence-corrected chi connectivity index (χ0v) is 13.2. The maximum absolute atomic E-state index is 13.7. The van der Waals surface area contributed by atoms with Crippen LogP contribution in [0.5, 0.6) is 17.2 Å². The normalized spacial score (nSPS) is 11.8. The van der Waals surface area contributed by atoms with Gasteiger partial charge in [-0.05, 0) is 72.0 Å². The Hall–Kier alpha value is -1.83. The second-order valence-corrected chi connectivity index (χ2v) is 5.49. The number of halogens is 2. The molecule has 4 nitrogen and oxygen atoms in total. The third-order valence-corrected chi connectivity index (χ3v) is 3.28. The zero-order chi connectivity index (χ0) is 15.4. The van der Waals surface area contributed by atoms with Gasteiger partial charge >= 0.3 is 5.97 Å². The van der Waals surface area contributed by atoms with Gasteiger partial charge in [-0.3, -0.25) is 0 Å². The molecular weight excluding hydrogens is 390 g/mol. The SMILES string of the molecule is CC(Oc1ccc(Oc2ccc(I)cc2F)cc1)C(=O)O. The lowest BCUT2D eigenvalue weighted by Gasteiger charge is -2.11. The van der Waals surface area contributed by atoms with Crippen LogP contribution < -0.4 is 9.47 Å². The minimum atomic E-state index is -1.05. The standard InChI is InChI=1S/C15H12FIO4/c1-9(15(18)19)20-11-3-5-12(6-4-11)21-14-7-2-10(17)8-13(14)16/h2-9H,1H3,(H,18,19). The van der Waals surface area contributed by atoms with E-state index < -0.39 is 17.9 Å². The van der Waals surface area contributed by atoms with Crippen LogP contribution in [0.1, 0.15) is 6.92 Å². The molecule has 21 heavy (non-hydrogen) atoms. The van der Waals surface area contributed by atoms with Gasteiger partial charge in [-0.2, -0.15) is 0 Å². The molecule has 0 aliphatic rings. The molecule has 0 radical (unpaired) electrons. The maximum Gasteiger partial charge on any atom is 0.344 e. The highest BCUT2D eigenvalue weighted by molar-refractivity contribution is 14.1. The van der Waals surface area contributed by atoms with Gasteiger partial charge in [0.2, 0.25) is 0 Å². The van der Waals surface area contributed by atoms with Gasteiger partial charge in [0.25, 0.3) is 0 Å². The van der Waals surface area contributed by atoms with Crippen molar-refractivity contribution in [2.75, 3.05) is 0 Å². The summed E-state index contributed by atoms with van der Waals surface area (Å²) >= 11 is 2.01. The van der Waals surface area contributed by atoms with E-state index >= 15 is 0 Å². The molecular formula is C15H12FIO4. The molecule has 6 heteroatoms. The topological polar surface area (TPSA) is 55.8 Å². The molecule has 1 N–H and O–H groups in total. The molecule has 110 valence electrons. The van der Waals surface area contributed by atoms with Gasteiger partial charge in [-0.25, -0.2) is 9.18 Å². The molecule has 2 aromatic carbocycles. The number of ether oxygens (including phenoxy) is 2. The quantitative estimate of drug-likeness (QED) is 0.767. The number of carboxylic acids is 1. The first-order valence-electron chi connectivity index (χ1n) is 6.08. The van der Waals surface area contributed by atoms with Crippen molar-refractivity contribution in [3.8, 4) is 17.2 Å². The Morgan fingerprint density at radius 1 is 1.19 bits per heavy atom. The molecule has 0 saturated heterocycles. The van der Waals surface area contributed by atoms with E-state index in [0.29, 0.717) is 11.5 Å². The molecule has 0 fully saturated rings. The van der Waals surface area contributed by atoms with E-state index in [9.17, 15) is 9.18 Å². The predicted molar refractivity (Wildman–Crippen MR) is 83.4 cm³/mol. The molecule has 0 aliphatic carbocycles. The number of hydrogen-bond donors (Lipinski definition) is 1. The van der Waals surface area contributed by atoms with Crippen molar-refractivity contribution in [2.45, 2.75) is 13.0 Å². The number of benzene rings is 2. The molecule has 0 amide bonds. The fourth-order valence-corrected chi connectivity index (χ4v) is 1.98. The first-order chi connectivity index (χ1) is 9.95. The number of aliphatic carboxylic acids is 1. The molecule has 0 spiro atoms. The number of hydrogen-bond acceptors (Lipinski definition) is 3. The maximum atomic E-state index is 13.7. The zero-order valence-electron chi connectivity index (χ0n) is 11.0. The van der Waals surface area contributed by atoms with E-state index in [0.717, 1.165) is 3.57 Å². The average molecular weight is 402 g/mol. The Morgan fingerprint density at radius 2 is 1.81 bits per heavy atom. The third kappa shape index (κ3) is 4.32. The van der Waals surface area contributed by atoms with Crippen molar-refractivity contribution in [3.05, 3.63) is 51.9 Å². The summed E-state index contributed by atoms with van der Waals surface area (Å²) in [6.07, 6.45) is -0.939. The lowest BCUT2D eigenvalue weighted by molar-refractivity contribution is -0.144. The summed E-state index contributed by atoms with van der Waals surface area (Å²) in [6, 6.07) is 11.0. The molecule has 2 rings (SSSR count). The van der Waals surface area contributed by atoms with Crippen LogP contribution in [0.15, 0.2) is 42.5 Å². The molecule has 1 atom stereocenters. The van der Waals surface area contributed by atoms with Crippen LogP contribution in [0, 0.1) is 9.39 Å². The van der Waals surface area contributed by atoms with Gasteiger partial charge in [-0.1, -0.05) is 0 Å². The number of carbonyl (C=O) groups is 1. The first-order valence-corrected chi connectivity index (χ1v) is 7.16. The second-order valence-electron chi connectivity index (χ2n) is 4.25. The fraction of sp³-hybridized carbons (Fsp3) is 0.133. The lowest BCUT2D eigenvalue weighted by Crippen LogP contribution is -2.22. The van der Waals surface area contributed by atoms with Crippen molar-refractivity contribution in [2.24, 2.45) is 0 Å². The van der Waals surface area contributed by atoms with Gasteiger partial charge in [0, 0.05) is 3.57 Å². The fourth-order valence-electron chi connectivity index (χ4n) is 1.53. The van der Waals surface area contributed by atoms with E-state index in [-0.39, 0.29) is 5.75 Å². The number of rotatable bonds is 5. The van der Waals surface area contributed by atoms with Crippen molar-refractivity contribution >= 4 is 28.6 Å². The first kappa shape index (κ1) is 15.6. The summed E-state index contributed by atoms with van der Waals surface area (Å²) < 4.78 is 25.0. The van der Waals surface area contributed by atoms with Crippen molar-refractivity contribution in [1.29, 1.82) is 0 Å². The predicted octanol–water partition coefficient (Wildman–Crippen LogP) is 4.07. The van der Waals surface area contributed by atoms with Crippen LogP contribution in [-0.2, 0) is 4.79 Å². The molecule has 0 heterocycles. The molecule has 0 saturated carbocycles. The van der Waals surface area contributed by atoms with Crippen molar-refractivity contribution < 1.29 is 23.8 Å². The van der Waals surface area contributed by atoms with Crippen LogP contribution in [0.3, 0.4) is 0 Å². The summed E-state index contributed by atoms with van der Waals surface area (Å²) in [4.78, 5) is 10.7. The Labute approximate surface area is 134 Å². The van der Waals surface area contributed by atoms with E-state index in [1.54, 1.807) is 36.4 Å². The van der Waals surface area contributed by atoms with Gasteiger partial charge in [0.1, 0.15) is 11.5 Å². The van der Waals surface area contributed by atoms with Gasteiger partial charge in [0.05, 0.1) is 0 Å². The Balaban J connectivity index is 2.07. The molecule has 0 bridgehead atoms. The molecule has 1 unspecified atom stereocenters. The largest absolute Gasteiger partial charge is 0.479 e. The summed E-state index contributed by atoms with van der Waals surface area (Å²) in [7, 11) is 0. The second kappa shape index (κ2) is 6.75. The van der Waals surface area contributed by atoms with Crippen LogP contribution in [0.2, 0.25) is 0 Å². The highest BCUT2D eigenvalue weighted by Gasteiger charge is 2.12. The van der Waals surface area contributed by atoms with Gasteiger partial charge in [0.15, 0.2) is 17.7 Å². The smallest absolute Gasteiger partial charge is 0.344 e. The summed E-state index contributed by atoms with van der Waals surface area (Å²) in [5, 5.41) is 8.75. The van der Waals surface area contributed by atoms with E-state index in [2.05, 4.69) is 0 Å². The van der Waals surface area contributed by atoms with Crippen molar-refractivity contribution in [3.63, 3.8) is 0 Å². The van der Waals surface area contributed by atoms with E-state index in [1.807, 2.05) is 22.6 Å². The van der Waals surface area contributed by atoms with Crippen LogP contribution in [-0.4, -0.2) is 17.2 Å². The summed E-state index contributed by atoms with van der Waals surface area (Å²) in [5.74, 6) is -0.522. The van der Waals surface area contributed by atoms with E-state index in [4.69, 9.17) is 14.6 Å². The lowest BCUT2D eigenvalue weighted by atomic mass is 10.3. The molecule has 0 aromatic heterocycles. The Kier molecular flexibility index (Phi) is 5.00. The molecule has 2 aromatic rings. The minimum absolute atomic E-state index is 0.128. The minimum Gasteiger partial charge on any atom is -0.479 e. The van der Waals surface area contributed by atoms with Crippen molar-refractivity contribution in [1.82, 2.24) is 0 Å². The average Bonchev–Trinajstić information content (AvgIpc) is 2.43. The monoisotopic (exact) mass is 402 g/mol. The molecule has 0 aliphatic heterocycles. The Morgan fingerprint density at radius 3 is 2.38 bits per heavy atom. The highest BCUT2D eigenvalue weighted by atomic mass is 127. The summed E-state index contributed by atoms with van der Waals surface area (Å²) in [6.45, 7) is 1.44. The summed E-state index contributed by atoms with van der Waals surface area (Å²) in [5.41, 5.74) is 0. The Bertz CT molecular complexity index is 643. The highest BCUT2D eigenvalue weighted by Crippen LogP contribution is 2.27. The van der Waals surface area contributed by atoms with Gasteiger partial charge < -0.3 is 14.6 Å². The van der Waals surface area contributed by atoms with Gasteiger partial charge in [-0.15, -0.1) is 0 Å². The number of carboxylic acid groups (broad SMARTS) is 1. The third-order valence-electron chi connectivity index (χ3n) is 2.61. The van der Waals surface area contributed by atoms with Crippen LogP contribution in [0.25, 0.3) is 0 Å². The van der Waals surface area contributed by atoms with E-state index in [1.165, 1.54) is 13.0 Å². The van der Waals surface area contributed by atoms with Crippen LogP contribution in [0.4, 0.5) is 4.39 Å².